The zero-order chi connectivity index (χ0) is 23.5. The minimum absolute atomic E-state index is 0.0926. The van der Waals surface area contributed by atoms with Gasteiger partial charge in [-0.15, -0.1) is 0 Å². The molecule has 0 unspecified atom stereocenters. The summed E-state index contributed by atoms with van der Waals surface area (Å²) in [5, 5.41) is 3.19. The summed E-state index contributed by atoms with van der Waals surface area (Å²) in [6.45, 7) is 5.78. The quantitative estimate of drug-likeness (QED) is 0.119. The van der Waals surface area contributed by atoms with E-state index >= 15 is 0 Å². The zero-order valence-electron chi connectivity index (χ0n) is 21.1. The summed E-state index contributed by atoms with van der Waals surface area (Å²) in [6, 6.07) is 0. The van der Waals surface area contributed by atoms with Crippen molar-refractivity contribution in [2.45, 2.75) is 142 Å². The van der Waals surface area contributed by atoms with Crippen molar-refractivity contribution in [3.05, 3.63) is 0 Å². The molecular weight excluding hydrogens is 410 g/mol. The topological polar surface area (TPSA) is 75.6 Å². The van der Waals surface area contributed by atoms with Gasteiger partial charge in [-0.2, -0.15) is 8.42 Å². The Hall–Kier alpha value is -0.170. The summed E-state index contributed by atoms with van der Waals surface area (Å²) >= 11 is 0. The van der Waals surface area contributed by atoms with Gasteiger partial charge in [0.1, 0.15) is 0 Å². The van der Waals surface area contributed by atoms with Gasteiger partial charge in [0.15, 0.2) is 0 Å². The molecule has 6 heteroatoms. The normalized spacial score (nSPS) is 11.4. The molecule has 0 fully saturated rings. The van der Waals surface area contributed by atoms with Crippen LogP contribution in [-0.4, -0.2) is 33.2 Å². The molecule has 0 heterocycles. The summed E-state index contributed by atoms with van der Waals surface area (Å²) in [7, 11) is -2.20. The second-order valence-corrected chi connectivity index (χ2v) is 9.81. The van der Waals surface area contributed by atoms with Crippen molar-refractivity contribution in [2.75, 3.05) is 20.2 Å². The Morgan fingerprint density at radius 3 is 1.23 bits per heavy atom. The molecule has 0 radical (unpaired) electrons. The second kappa shape index (κ2) is 27.9. The summed E-state index contributed by atoms with van der Waals surface area (Å²) in [6.07, 6.45) is 26.2. The lowest BCUT2D eigenvalue weighted by Gasteiger charge is -2.02. The van der Waals surface area contributed by atoms with Gasteiger partial charge in [0, 0.05) is 0 Å². The van der Waals surface area contributed by atoms with Gasteiger partial charge in [-0.1, -0.05) is 129 Å². The molecule has 0 amide bonds. The highest BCUT2D eigenvalue weighted by molar-refractivity contribution is 7.80. The minimum Gasteiger partial charge on any atom is -0.320 e. The largest absolute Gasteiger partial charge is 0.397 e. The van der Waals surface area contributed by atoms with Crippen LogP contribution in [0.15, 0.2) is 0 Å². The van der Waals surface area contributed by atoms with Crippen LogP contribution >= 0.6 is 0 Å². The number of unbranched alkanes of at least 4 members (excludes halogenated alkanes) is 18. The first-order chi connectivity index (χ1) is 15.0. The Morgan fingerprint density at radius 2 is 0.903 bits per heavy atom. The average molecular weight is 466 g/mol. The predicted molar refractivity (Wildman–Crippen MR) is 135 cm³/mol. The third kappa shape index (κ3) is 37.5. The molecule has 31 heavy (non-hydrogen) atoms. The van der Waals surface area contributed by atoms with Crippen LogP contribution in [0.4, 0.5) is 0 Å². The Bertz CT molecular complexity index is 404. The molecule has 5 nitrogen and oxygen atoms in total. The van der Waals surface area contributed by atoms with E-state index in [0.29, 0.717) is 6.42 Å². The van der Waals surface area contributed by atoms with Gasteiger partial charge in [0.25, 0.3) is 0 Å². The van der Waals surface area contributed by atoms with Gasteiger partial charge in [0.2, 0.25) is 0 Å². The Kier molecular flexibility index (Phi) is 29.7. The third-order valence-electron chi connectivity index (χ3n) is 5.51. The zero-order valence-corrected chi connectivity index (χ0v) is 22.0. The van der Waals surface area contributed by atoms with E-state index < -0.39 is 10.4 Å². The lowest BCUT2D eigenvalue weighted by atomic mass is 10.1. The van der Waals surface area contributed by atoms with Crippen LogP contribution in [0.25, 0.3) is 0 Å². The maximum absolute atomic E-state index is 10.2. The van der Waals surface area contributed by atoms with E-state index in [2.05, 4.69) is 23.3 Å². The lowest BCUT2D eigenvalue weighted by Crippen LogP contribution is -2.06. The first-order valence-electron chi connectivity index (χ1n) is 13.2. The molecule has 0 aromatic carbocycles. The smallest absolute Gasteiger partial charge is 0.320 e. The Labute approximate surface area is 195 Å². The van der Waals surface area contributed by atoms with Gasteiger partial charge in [-0.05, 0) is 26.4 Å². The van der Waals surface area contributed by atoms with E-state index in [1.807, 2.05) is 7.05 Å². The minimum atomic E-state index is -4.23. The molecule has 0 rings (SSSR count). The molecule has 0 bridgehead atoms. The van der Waals surface area contributed by atoms with E-state index in [0.717, 1.165) is 12.8 Å². The van der Waals surface area contributed by atoms with Crippen LogP contribution in [0, 0.1) is 0 Å². The molecule has 0 atom stereocenters. The molecule has 2 N–H and O–H groups in total. The lowest BCUT2D eigenvalue weighted by molar-refractivity contribution is 0.261. The molecule has 0 aliphatic heterocycles. The number of nitrogens with one attached hydrogen (secondary N) is 1. The van der Waals surface area contributed by atoms with Crippen LogP contribution in [0.5, 0.6) is 0 Å². The van der Waals surface area contributed by atoms with Gasteiger partial charge >= 0.3 is 10.4 Å². The fourth-order valence-electron chi connectivity index (χ4n) is 3.54. The fraction of sp³-hybridized carbons (Fsp3) is 1.00. The predicted octanol–water partition coefficient (Wildman–Crippen LogP) is 7.85. The van der Waals surface area contributed by atoms with Crippen LogP contribution in [0.1, 0.15) is 142 Å². The summed E-state index contributed by atoms with van der Waals surface area (Å²) in [5.41, 5.74) is 0. The summed E-state index contributed by atoms with van der Waals surface area (Å²) < 4.78 is 33.0. The molecule has 0 aliphatic carbocycles. The maximum Gasteiger partial charge on any atom is 0.397 e. The van der Waals surface area contributed by atoms with Crippen molar-refractivity contribution >= 4 is 10.4 Å². The highest BCUT2D eigenvalue weighted by Gasteiger charge is 2.02. The van der Waals surface area contributed by atoms with Gasteiger partial charge < -0.3 is 5.32 Å². The fourth-order valence-corrected chi connectivity index (χ4v) is 3.87. The summed E-state index contributed by atoms with van der Waals surface area (Å²) in [4.78, 5) is 0. The molecule has 0 spiro atoms. The van der Waals surface area contributed by atoms with Crippen LogP contribution in [0.2, 0.25) is 0 Å². The van der Waals surface area contributed by atoms with E-state index in [1.54, 1.807) is 0 Å². The van der Waals surface area contributed by atoms with E-state index in [-0.39, 0.29) is 6.61 Å². The molecule has 0 saturated heterocycles. The van der Waals surface area contributed by atoms with E-state index in [4.69, 9.17) is 4.55 Å². The van der Waals surface area contributed by atoms with Crippen molar-refractivity contribution in [1.29, 1.82) is 0 Å². The molecule has 0 aliphatic rings. The van der Waals surface area contributed by atoms with Gasteiger partial charge in [-0.3, -0.25) is 4.55 Å². The van der Waals surface area contributed by atoms with Crippen LogP contribution < -0.4 is 5.32 Å². The maximum atomic E-state index is 10.2. The highest BCUT2D eigenvalue weighted by atomic mass is 32.3. The first kappa shape index (κ1) is 33.0. The number of hydrogen-bond donors (Lipinski definition) is 2. The van der Waals surface area contributed by atoms with Crippen molar-refractivity contribution < 1.29 is 17.2 Å². The monoisotopic (exact) mass is 465 g/mol. The molecule has 0 aromatic rings. The second-order valence-electron chi connectivity index (χ2n) is 8.72. The first-order valence-corrected chi connectivity index (χ1v) is 14.6. The van der Waals surface area contributed by atoms with Crippen LogP contribution in [0.3, 0.4) is 0 Å². The standard InChI is InChI=1S/C13H29N.C12H26O4S/c1-3-4-5-6-7-8-9-10-11-12-13-14-2;1-2-3-4-5-6-7-8-9-10-11-12-16-17(13,14)15/h14H,3-13H2,1-2H3;2-12H2,1H3,(H,13,14,15). The molecule has 0 aromatic heterocycles. The molecule has 190 valence electrons. The number of hydrogen-bond acceptors (Lipinski definition) is 4. The molecular formula is C25H55NO4S. The Morgan fingerprint density at radius 1 is 0.581 bits per heavy atom. The SMILES string of the molecule is CCCCCCCCCCCCNC.CCCCCCCCCCCCOS(=O)(=O)O. The van der Waals surface area contributed by atoms with Crippen molar-refractivity contribution in [3.63, 3.8) is 0 Å². The average Bonchev–Trinajstić information content (AvgIpc) is 2.73. The van der Waals surface area contributed by atoms with Gasteiger partial charge in [-0.25, -0.2) is 4.18 Å². The van der Waals surface area contributed by atoms with Gasteiger partial charge in [0.05, 0.1) is 6.61 Å². The van der Waals surface area contributed by atoms with E-state index in [1.165, 1.54) is 116 Å². The molecule has 0 saturated carbocycles. The van der Waals surface area contributed by atoms with Crippen molar-refractivity contribution in [1.82, 2.24) is 5.32 Å². The summed E-state index contributed by atoms with van der Waals surface area (Å²) in [5.74, 6) is 0. The van der Waals surface area contributed by atoms with Crippen molar-refractivity contribution in [3.8, 4) is 0 Å². The van der Waals surface area contributed by atoms with Crippen LogP contribution in [-0.2, 0) is 14.6 Å². The highest BCUT2D eigenvalue weighted by Crippen LogP contribution is 2.11. The number of rotatable bonds is 23. The third-order valence-corrected chi connectivity index (χ3v) is 5.98. The van der Waals surface area contributed by atoms with Crippen molar-refractivity contribution in [2.24, 2.45) is 0 Å². The Balaban J connectivity index is 0. The van der Waals surface area contributed by atoms with E-state index in [9.17, 15) is 8.42 Å².